The monoisotopic (exact) mass is 216 g/mol. The lowest BCUT2D eigenvalue weighted by molar-refractivity contribution is 0.0594. The first-order valence-electron chi connectivity index (χ1n) is 3.95. The van der Waals surface area contributed by atoms with Crippen molar-refractivity contribution in [3.8, 4) is 0 Å². The largest absolute Gasteiger partial charge is 0.464 e. The van der Waals surface area contributed by atoms with E-state index in [9.17, 15) is 4.79 Å². The Morgan fingerprint density at radius 1 is 1.57 bits per heavy atom. The minimum atomic E-state index is -0.434. The molecular formula is C9H13ClN2O2. The van der Waals surface area contributed by atoms with Crippen LogP contribution in [-0.2, 0) is 4.74 Å². The molecule has 0 saturated carbocycles. The van der Waals surface area contributed by atoms with Gasteiger partial charge in [-0.3, -0.25) is 0 Å². The molecule has 0 aliphatic carbocycles. The lowest BCUT2D eigenvalue weighted by atomic mass is 10.1. The first-order valence-corrected chi connectivity index (χ1v) is 3.95. The van der Waals surface area contributed by atoms with E-state index in [4.69, 9.17) is 5.73 Å². The van der Waals surface area contributed by atoms with E-state index in [1.165, 1.54) is 7.11 Å². The highest BCUT2D eigenvalue weighted by Crippen LogP contribution is 2.08. The van der Waals surface area contributed by atoms with Gasteiger partial charge in [0.05, 0.1) is 7.11 Å². The zero-order valence-corrected chi connectivity index (χ0v) is 8.88. The predicted molar refractivity (Wildman–Crippen MR) is 55.4 cm³/mol. The van der Waals surface area contributed by atoms with Crippen LogP contribution in [0.25, 0.3) is 0 Å². The standard InChI is InChI=1S/C9H12N2O2.ClH/c1-6(10)7-3-4-8(11-5-7)9(12)13-2;/h3-6H,10H2,1-2H3;1H/t6-;/m0./s1. The molecule has 2 N–H and O–H groups in total. The maximum absolute atomic E-state index is 11.0. The molecule has 1 aromatic rings. The van der Waals surface area contributed by atoms with Crippen molar-refractivity contribution in [2.75, 3.05) is 7.11 Å². The SMILES string of the molecule is COC(=O)c1ccc([C@H](C)N)cn1.Cl. The van der Waals surface area contributed by atoms with Crippen LogP contribution in [0.1, 0.15) is 29.0 Å². The molecule has 0 amide bonds. The molecule has 78 valence electrons. The van der Waals surface area contributed by atoms with Gasteiger partial charge in [0.2, 0.25) is 0 Å². The van der Waals surface area contributed by atoms with Gasteiger partial charge in [-0.25, -0.2) is 9.78 Å². The van der Waals surface area contributed by atoms with E-state index in [-0.39, 0.29) is 18.4 Å². The highest BCUT2D eigenvalue weighted by atomic mass is 35.5. The number of nitrogens with two attached hydrogens (primary N) is 1. The van der Waals surface area contributed by atoms with Gasteiger partial charge in [0.1, 0.15) is 5.69 Å². The summed E-state index contributed by atoms with van der Waals surface area (Å²) in [6.45, 7) is 1.86. The lowest BCUT2D eigenvalue weighted by Gasteiger charge is -2.04. The number of hydrogen-bond acceptors (Lipinski definition) is 4. The number of pyridine rings is 1. The molecular weight excluding hydrogens is 204 g/mol. The van der Waals surface area contributed by atoms with Gasteiger partial charge in [-0.05, 0) is 18.6 Å². The van der Waals surface area contributed by atoms with Gasteiger partial charge in [0.25, 0.3) is 0 Å². The molecule has 4 nitrogen and oxygen atoms in total. The van der Waals surface area contributed by atoms with Gasteiger partial charge < -0.3 is 10.5 Å². The third kappa shape index (κ3) is 2.97. The summed E-state index contributed by atoms with van der Waals surface area (Å²) >= 11 is 0. The summed E-state index contributed by atoms with van der Waals surface area (Å²) in [7, 11) is 1.32. The van der Waals surface area contributed by atoms with Gasteiger partial charge in [-0.15, -0.1) is 12.4 Å². The zero-order valence-electron chi connectivity index (χ0n) is 8.06. The highest BCUT2D eigenvalue weighted by molar-refractivity contribution is 5.87. The molecule has 1 heterocycles. The second kappa shape index (κ2) is 5.57. The highest BCUT2D eigenvalue weighted by Gasteiger charge is 2.06. The minimum absolute atomic E-state index is 0. The van der Waals surface area contributed by atoms with E-state index in [0.29, 0.717) is 5.69 Å². The predicted octanol–water partition coefficient (Wildman–Crippen LogP) is 1.31. The molecule has 1 aromatic heterocycles. The summed E-state index contributed by atoms with van der Waals surface area (Å²) in [6, 6.07) is 3.30. The summed E-state index contributed by atoms with van der Waals surface area (Å²) in [5.74, 6) is -0.434. The molecule has 0 unspecified atom stereocenters. The van der Waals surface area contributed by atoms with Crippen LogP contribution in [0.5, 0.6) is 0 Å². The molecule has 5 heteroatoms. The van der Waals surface area contributed by atoms with Crippen molar-refractivity contribution in [3.05, 3.63) is 29.6 Å². The number of halogens is 1. The number of rotatable bonds is 2. The summed E-state index contributed by atoms with van der Waals surface area (Å²) in [6.07, 6.45) is 1.58. The summed E-state index contributed by atoms with van der Waals surface area (Å²) < 4.78 is 4.50. The summed E-state index contributed by atoms with van der Waals surface area (Å²) in [4.78, 5) is 14.9. The van der Waals surface area contributed by atoms with Crippen LogP contribution < -0.4 is 5.73 Å². The van der Waals surface area contributed by atoms with E-state index in [2.05, 4.69) is 9.72 Å². The van der Waals surface area contributed by atoms with Crippen molar-refractivity contribution < 1.29 is 9.53 Å². The fourth-order valence-electron chi connectivity index (χ4n) is 0.900. The Kier molecular flexibility index (Phi) is 5.12. The van der Waals surface area contributed by atoms with E-state index in [0.717, 1.165) is 5.56 Å². The van der Waals surface area contributed by atoms with Gasteiger partial charge in [-0.2, -0.15) is 0 Å². The molecule has 0 saturated heterocycles. The zero-order chi connectivity index (χ0) is 9.84. The van der Waals surface area contributed by atoms with Crippen LogP contribution in [0.2, 0.25) is 0 Å². The fraction of sp³-hybridized carbons (Fsp3) is 0.333. The van der Waals surface area contributed by atoms with Crippen molar-refractivity contribution in [3.63, 3.8) is 0 Å². The van der Waals surface area contributed by atoms with Gasteiger partial charge in [0, 0.05) is 12.2 Å². The Labute approximate surface area is 88.9 Å². The number of carbonyl (C=O) groups excluding carboxylic acids is 1. The first kappa shape index (κ1) is 12.9. The number of aromatic nitrogens is 1. The molecule has 0 spiro atoms. The van der Waals surface area contributed by atoms with E-state index in [1.54, 1.807) is 18.3 Å². The number of carbonyl (C=O) groups is 1. The van der Waals surface area contributed by atoms with Crippen molar-refractivity contribution in [1.29, 1.82) is 0 Å². The van der Waals surface area contributed by atoms with E-state index in [1.807, 2.05) is 6.92 Å². The molecule has 1 rings (SSSR count). The van der Waals surface area contributed by atoms with Gasteiger partial charge >= 0.3 is 5.97 Å². The third-order valence-corrected chi connectivity index (χ3v) is 1.71. The maximum atomic E-state index is 11.0. The molecule has 0 radical (unpaired) electrons. The average Bonchev–Trinajstić information content (AvgIpc) is 2.17. The van der Waals surface area contributed by atoms with Crippen molar-refractivity contribution in [2.45, 2.75) is 13.0 Å². The van der Waals surface area contributed by atoms with Crippen molar-refractivity contribution in [2.24, 2.45) is 5.73 Å². The van der Waals surface area contributed by atoms with Crippen LogP contribution in [0, 0.1) is 0 Å². The Bertz CT molecular complexity index is 298. The van der Waals surface area contributed by atoms with Crippen LogP contribution in [0.15, 0.2) is 18.3 Å². The normalized spacial score (nSPS) is 11.4. The number of nitrogens with zero attached hydrogens (tertiary/aromatic N) is 1. The minimum Gasteiger partial charge on any atom is -0.464 e. The third-order valence-electron chi connectivity index (χ3n) is 1.71. The van der Waals surface area contributed by atoms with E-state index < -0.39 is 5.97 Å². The number of ether oxygens (including phenoxy) is 1. The Hall–Kier alpha value is -1.13. The fourth-order valence-corrected chi connectivity index (χ4v) is 0.900. The van der Waals surface area contributed by atoms with Gasteiger partial charge in [-0.1, -0.05) is 6.07 Å². The number of methoxy groups -OCH3 is 1. The molecule has 1 atom stereocenters. The topological polar surface area (TPSA) is 65.2 Å². The molecule has 0 fully saturated rings. The second-order valence-electron chi connectivity index (χ2n) is 2.76. The first-order chi connectivity index (χ1) is 6.15. The molecule has 0 aromatic carbocycles. The van der Waals surface area contributed by atoms with E-state index >= 15 is 0 Å². The molecule has 0 bridgehead atoms. The Balaban J connectivity index is 0.00000169. The van der Waals surface area contributed by atoms with Crippen molar-refractivity contribution >= 4 is 18.4 Å². The van der Waals surface area contributed by atoms with Crippen LogP contribution >= 0.6 is 12.4 Å². The number of hydrogen-bond donors (Lipinski definition) is 1. The number of esters is 1. The summed E-state index contributed by atoms with van der Waals surface area (Å²) in [5.41, 5.74) is 6.81. The maximum Gasteiger partial charge on any atom is 0.356 e. The smallest absolute Gasteiger partial charge is 0.356 e. The second-order valence-corrected chi connectivity index (χ2v) is 2.76. The van der Waals surface area contributed by atoms with Crippen molar-refractivity contribution in [1.82, 2.24) is 4.98 Å². The van der Waals surface area contributed by atoms with Crippen LogP contribution in [0.4, 0.5) is 0 Å². The van der Waals surface area contributed by atoms with Crippen LogP contribution in [-0.4, -0.2) is 18.1 Å². The Morgan fingerprint density at radius 3 is 2.57 bits per heavy atom. The Morgan fingerprint density at radius 2 is 2.21 bits per heavy atom. The molecule has 0 aliphatic rings. The molecule has 0 aliphatic heterocycles. The quantitative estimate of drug-likeness (QED) is 0.757. The average molecular weight is 217 g/mol. The van der Waals surface area contributed by atoms with Crippen LogP contribution in [0.3, 0.4) is 0 Å². The molecule has 14 heavy (non-hydrogen) atoms. The summed E-state index contributed by atoms with van der Waals surface area (Å²) in [5, 5.41) is 0. The van der Waals surface area contributed by atoms with Gasteiger partial charge in [0.15, 0.2) is 0 Å². The lowest BCUT2D eigenvalue weighted by Crippen LogP contribution is -2.08.